The molecule has 3 N–H and O–H groups in total. The minimum Gasteiger partial charge on any atom is -0.507 e. The van der Waals surface area contributed by atoms with Gasteiger partial charge in [0.25, 0.3) is 5.91 Å². The van der Waals surface area contributed by atoms with E-state index in [-0.39, 0.29) is 11.3 Å². The average Bonchev–Trinajstić information content (AvgIpc) is 2.82. The van der Waals surface area contributed by atoms with E-state index in [2.05, 4.69) is 10.6 Å². The second-order valence-corrected chi connectivity index (χ2v) is 10.7. The normalized spacial score (nSPS) is 13.1. The number of ether oxygens (including phenoxy) is 1. The number of fused-ring (bicyclic) bond motifs is 1. The number of aromatic hydroxyl groups is 1. The molecule has 0 heterocycles. The summed E-state index contributed by atoms with van der Waals surface area (Å²) in [6, 6.07) is 15.8. The predicted octanol–water partition coefficient (Wildman–Crippen LogP) is 5.68. The molecule has 3 rings (SSSR count). The van der Waals surface area contributed by atoms with Crippen LogP contribution in [0, 0.1) is 6.92 Å². The van der Waals surface area contributed by atoms with Crippen molar-refractivity contribution in [2.24, 2.45) is 0 Å². The maximum atomic E-state index is 13.9. The van der Waals surface area contributed by atoms with Gasteiger partial charge in [-0.2, -0.15) is 0 Å². The Labute approximate surface area is 224 Å². The molecule has 0 spiro atoms. The van der Waals surface area contributed by atoms with Gasteiger partial charge in [0, 0.05) is 17.3 Å². The Hall–Kier alpha value is -4.07. The molecule has 0 saturated heterocycles. The number of alkyl carbamates (subject to hydrolysis) is 1. The van der Waals surface area contributed by atoms with E-state index in [9.17, 15) is 19.5 Å². The first-order chi connectivity index (χ1) is 17.8. The number of carbonyl (C=O) groups excluding carboxylic acids is 3. The van der Waals surface area contributed by atoms with Gasteiger partial charge in [0.05, 0.1) is 0 Å². The summed E-state index contributed by atoms with van der Waals surface area (Å²) in [7, 11) is 0. The van der Waals surface area contributed by atoms with Crippen LogP contribution < -0.4 is 10.6 Å². The summed E-state index contributed by atoms with van der Waals surface area (Å²) in [5, 5.41) is 18.4. The van der Waals surface area contributed by atoms with Crippen LogP contribution in [-0.4, -0.2) is 45.6 Å². The highest BCUT2D eigenvalue weighted by Crippen LogP contribution is 2.34. The molecular formula is C30H37N3O5. The maximum Gasteiger partial charge on any atom is 0.408 e. The number of rotatable bonds is 7. The van der Waals surface area contributed by atoms with Crippen molar-refractivity contribution in [2.75, 3.05) is 5.32 Å². The summed E-state index contributed by atoms with van der Waals surface area (Å²) in [4.78, 5) is 41.3. The number of phenolic OH excluding ortho intramolecular Hbond substituents is 1. The summed E-state index contributed by atoms with van der Waals surface area (Å²) < 4.78 is 5.30. The Morgan fingerprint density at radius 1 is 0.921 bits per heavy atom. The van der Waals surface area contributed by atoms with Gasteiger partial charge in [0.1, 0.15) is 23.4 Å². The van der Waals surface area contributed by atoms with E-state index >= 15 is 0 Å². The molecule has 0 aliphatic rings. The van der Waals surface area contributed by atoms with Crippen molar-refractivity contribution in [2.45, 2.75) is 72.2 Å². The van der Waals surface area contributed by atoms with Crippen molar-refractivity contribution < 1.29 is 24.2 Å². The van der Waals surface area contributed by atoms with E-state index < -0.39 is 41.6 Å². The van der Waals surface area contributed by atoms with Crippen molar-refractivity contribution in [3.63, 3.8) is 0 Å². The Bertz CT molecular complexity index is 1330. The van der Waals surface area contributed by atoms with Gasteiger partial charge in [-0.25, -0.2) is 4.79 Å². The summed E-state index contributed by atoms with van der Waals surface area (Å²) >= 11 is 0. The number of hydrogen-bond acceptors (Lipinski definition) is 5. The molecular weight excluding hydrogens is 482 g/mol. The molecule has 0 bridgehead atoms. The van der Waals surface area contributed by atoms with Crippen LogP contribution in [-0.2, 0) is 14.3 Å². The maximum absolute atomic E-state index is 13.9. The van der Waals surface area contributed by atoms with E-state index in [1.807, 2.05) is 36.4 Å². The fourth-order valence-corrected chi connectivity index (χ4v) is 4.25. The number of benzene rings is 3. The Morgan fingerprint density at radius 3 is 2.21 bits per heavy atom. The van der Waals surface area contributed by atoms with Gasteiger partial charge < -0.3 is 25.4 Å². The molecule has 0 aromatic heterocycles. The fourth-order valence-electron chi connectivity index (χ4n) is 4.25. The highest BCUT2D eigenvalue weighted by atomic mass is 16.6. The van der Waals surface area contributed by atoms with Crippen LogP contribution >= 0.6 is 0 Å². The molecule has 0 aliphatic carbocycles. The van der Waals surface area contributed by atoms with E-state index in [4.69, 9.17) is 4.74 Å². The third-order valence-electron chi connectivity index (χ3n) is 6.02. The first kappa shape index (κ1) is 28.5. The van der Waals surface area contributed by atoms with Gasteiger partial charge in [0.2, 0.25) is 5.91 Å². The number of para-hydroxylation sites is 1. The van der Waals surface area contributed by atoms with Crippen LogP contribution in [0.4, 0.5) is 10.5 Å². The van der Waals surface area contributed by atoms with Crippen LogP contribution in [0.15, 0.2) is 60.7 Å². The quantitative estimate of drug-likeness (QED) is 0.372. The van der Waals surface area contributed by atoms with Gasteiger partial charge in [-0.1, -0.05) is 48.5 Å². The molecule has 0 fully saturated rings. The van der Waals surface area contributed by atoms with Gasteiger partial charge in [-0.3, -0.25) is 9.59 Å². The van der Waals surface area contributed by atoms with E-state index in [0.717, 1.165) is 10.8 Å². The third-order valence-corrected chi connectivity index (χ3v) is 6.02. The zero-order chi connectivity index (χ0) is 28.2. The van der Waals surface area contributed by atoms with Crippen LogP contribution in [0.25, 0.3) is 10.8 Å². The van der Waals surface area contributed by atoms with Gasteiger partial charge in [-0.05, 0) is 76.9 Å². The van der Waals surface area contributed by atoms with Crippen molar-refractivity contribution in [3.05, 3.63) is 71.8 Å². The van der Waals surface area contributed by atoms with Crippen LogP contribution in [0.1, 0.15) is 58.7 Å². The molecule has 3 amide bonds. The van der Waals surface area contributed by atoms with Crippen molar-refractivity contribution >= 4 is 34.4 Å². The van der Waals surface area contributed by atoms with Crippen molar-refractivity contribution in [1.82, 2.24) is 10.2 Å². The lowest BCUT2D eigenvalue weighted by atomic mass is 9.98. The second kappa shape index (κ2) is 11.5. The molecule has 3 aromatic rings. The summed E-state index contributed by atoms with van der Waals surface area (Å²) in [5.74, 6) is -1.06. The summed E-state index contributed by atoms with van der Waals surface area (Å²) in [6.45, 7) is 12.0. The highest BCUT2D eigenvalue weighted by Gasteiger charge is 2.38. The van der Waals surface area contributed by atoms with Gasteiger partial charge >= 0.3 is 6.09 Å². The topological polar surface area (TPSA) is 108 Å². The number of anilines is 1. The molecule has 38 heavy (non-hydrogen) atoms. The van der Waals surface area contributed by atoms with Crippen molar-refractivity contribution in [1.29, 1.82) is 0 Å². The standard InChI is InChI=1S/C30H37N3O5/c1-18(2)33(28(36)20(4)31-29(37)38-30(5,6)7)25(24-14-10-11-19(3)26(24)34)27(35)32-23-16-15-21-12-8-9-13-22(21)17-23/h8-18,20,25,34H,1-7H3,(H,31,37)(H,32,35). The lowest BCUT2D eigenvalue weighted by Crippen LogP contribution is -2.53. The lowest BCUT2D eigenvalue weighted by molar-refractivity contribution is -0.142. The fraction of sp³-hybridized carbons (Fsp3) is 0.367. The molecule has 2 unspecified atom stereocenters. The summed E-state index contributed by atoms with van der Waals surface area (Å²) in [6.07, 6.45) is -0.738. The number of hydrogen-bond donors (Lipinski definition) is 3. The number of carbonyl (C=O) groups is 3. The summed E-state index contributed by atoms with van der Waals surface area (Å²) in [5.41, 5.74) is 0.680. The van der Waals surface area contributed by atoms with Crippen molar-refractivity contribution in [3.8, 4) is 5.75 Å². The number of nitrogens with one attached hydrogen (secondary N) is 2. The number of phenols is 1. The van der Waals surface area contributed by atoms with Crippen LogP contribution in [0.2, 0.25) is 0 Å². The number of aryl methyl sites for hydroxylation is 1. The lowest BCUT2D eigenvalue weighted by Gasteiger charge is -2.36. The SMILES string of the molecule is Cc1cccc(C(C(=O)Nc2ccc3ccccc3c2)N(C(=O)C(C)NC(=O)OC(C)(C)C)C(C)C)c1O. The third kappa shape index (κ3) is 6.82. The smallest absolute Gasteiger partial charge is 0.408 e. The Balaban J connectivity index is 1.99. The van der Waals surface area contributed by atoms with E-state index in [0.29, 0.717) is 11.3 Å². The number of nitrogens with zero attached hydrogens (tertiary/aromatic N) is 1. The molecule has 0 saturated carbocycles. The molecule has 3 aromatic carbocycles. The largest absolute Gasteiger partial charge is 0.507 e. The van der Waals surface area contributed by atoms with Crippen LogP contribution in [0.5, 0.6) is 5.75 Å². The Kier molecular flexibility index (Phi) is 8.66. The van der Waals surface area contributed by atoms with E-state index in [1.165, 1.54) is 11.8 Å². The molecule has 8 heteroatoms. The predicted molar refractivity (Wildman–Crippen MR) is 149 cm³/mol. The average molecular weight is 520 g/mol. The number of amides is 3. The molecule has 0 radical (unpaired) electrons. The second-order valence-electron chi connectivity index (χ2n) is 10.7. The van der Waals surface area contributed by atoms with E-state index in [1.54, 1.807) is 65.8 Å². The first-order valence-electron chi connectivity index (χ1n) is 12.7. The zero-order valence-electron chi connectivity index (χ0n) is 23.0. The first-order valence-corrected chi connectivity index (χ1v) is 12.7. The van der Waals surface area contributed by atoms with Gasteiger partial charge in [-0.15, -0.1) is 0 Å². The highest BCUT2D eigenvalue weighted by molar-refractivity contribution is 6.00. The molecule has 202 valence electrons. The Morgan fingerprint density at radius 2 is 1.58 bits per heavy atom. The monoisotopic (exact) mass is 519 g/mol. The van der Waals surface area contributed by atoms with Crippen LogP contribution in [0.3, 0.4) is 0 Å². The molecule has 0 aliphatic heterocycles. The molecule has 2 atom stereocenters. The zero-order valence-corrected chi connectivity index (χ0v) is 23.0. The molecule has 8 nitrogen and oxygen atoms in total. The minimum absolute atomic E-state index is 0.0719. The van der Waals surface area contributed by atoms with Gasteiger partial charge in [0.15, 0.2) is 0 Å². The minimum atomic E-state index is -1.17.